The number of nitrogens with one attached hydrogen (secondary N) is 1. The third-order valence-electron chi connectivity index (χ3n) is 2.45. The lowest BCUT2D eigenvalue weighted by Gasteiger charge is -2.09. The fourth-order valence-electron chi connectivity index (χ4n) is 1.63. The maximum Gasteiger partial charge on any atom is 0.346 e. The first kappa shape index (κ1) is 11.1. The van der Waals surface area contributed by atoms with Crippen LogP contribution in [0, 0.1) is 5.41 Å². The van der Waals surface area contributed by atoms with Gasteiger partial charge < -0.3 is 15.6 Å². The molecule has 88 valence electrons. The average Bonchev–Trinajstić information content (AvgIpc) is 2.55. The van der Waals surface area contributed by atoms with Crippen molar-refractivity contribution in [3.63, 3.8) is 0 Å². The zero-order valence-electron chi connectivity index (χ0n) is 8.88. The molecule has 0 saturated carbocycles. The molecule has 6 nitrogen and oxygen atoms in total. The van der Waals surface area contributed by atoms with E-state index >= 15 is 0 Å². The van der Waals surface area contributed by atoms with E-state index in [0.717, 1.165) is 5.56 Å². The van der Waals surface area contributed by atoms with Crippen LogP contribution in [-0.4, -0.2) is 28.0 Å². The smallest absolute Gasteiger partial charge is 0.346 e. The Morgan fingerprint density at radius 3 is 2.71 bits per heavy atom. The summed E-state index contributed by atoms with van der Waals surface area (Å²) in [5.74, 6) is -1.52. The van der Waals surface area contributed by atoms with Crippen LogP contribution in [0.25, 0.3) is 0 Å². The Bertz CT molecular complexity index is 496. The number of carbonyl (C=O) groups is 1. The Morgan fingerprint density at radius 2 is 2.18 bits per heavy atom. The van der Waals surface area contributed by atoms with Gasteiger partial charge in [-0.2, -0.15) is 0 Å². The van der Waals surface area contributed by atoms with Crippen molar-refractivity contribution in [2.75, 3.05) is 0 Å². The van der Waals surface area contributed by atoms with Crippen LogP contribution in [-0.2, 0) is 16.0 Å². The standard InChI is InChI=1S/C11H11N3O3/c12-10(13)8-9(15)7(17-11(8)16)5-6-1-3-14-4-2-6/h1-4,7,15H,5H2,(H3,12,13)/t7-/m1/s1. The number of cyclic esters (lactones) is 1. The van der Waals surface area contributed by atoms with Gasteiger partial charge in [-0.05, 0) is 17.7 Å². The van der Waals surface area contributed by atoms with Crippen molar-refractivity contribution in [1.29, 1.82) is 5.41 Å². The van der Waals surface area contributed by atoms with Gasteiger partial charge in [0.05, 0.1) is 0 Å². The zero-order chi connectivity index (χ0) is 12.4. The van der Waals surface area contributed by atoms with Crippen LogP contribution in [0.5, 0.6) is 0 Å². The Morgan fingerprint density at radius 1 is 1.53 bits per heavy atom. The maximum atomic E-state index is 11.4. The molecule has 1 aromatic rings. The highest BCUT2D eigenvalue weighted by atomic mass is 16.6. The van der Waals surface area contributed by atoms with Crippen molar-refractivity contribution in [3.8, 4) is 0 Å². The SMILES string of the molecule is N=C(N)C1=C(O)[C@@H](Cc2ccncc2)OC1=O. The van der Waals surface area contributed by atoms with Gasteiger partial charge in [-0.3, -0.25) is 10.4 Å². The van der Waals surface area contributed by atoms with Gasteiger partial charge in [-0.1, -0.05) is 0 Å². The minimum Gasteiger partial charge on any atom is -0.507 e. The van der Waals surface area contributed by atoms with Crippen LogP contribution in [0.3, 0.4) is 0 Å². The molecule has 0 aliphatic carbocycles. The maximum absolute atomic E-state index is 11.4. The first-order chi connectivity index (χ1) is 8.09. The van der Waals surface area contributed by atoms with Crippen molar-refractivity contribution in [2.24, 2.45) is 5.73 Å². The molecule has 0 aromatic carbocycles. The monoisotopic (exact) mass is 233 g/mol. The number of ether oxygens (including phenoxy) is 1. The van der Waals surface area contributed by atoms with E-state index in [1.165, 1.54) is 0 Å². The highest BCUT2D eigenvalue weighted by Crippen LogP contribution is 2.23. The molecule has 17 heavy (non-hydrogen) atoms. The summed E-state index contributed by atoms with van der Waals surface area (Å²) in [6.07, 6.45) is 2.78. The first-order valence-electron chi connectivity index (χ1n) is 4.97. The van der Waals surface area contributed by atoms with Crippen LogP contribution in [0.4, 0.5) is 0 Å². The quantitative estimate of drug-likeness (QED) is 0.395. The van der Waals surface area contributed by atoms with Crippen LogP contribution < -0.4 is 5.73 Å². The molecule has 2 heterocycles. The van der Waals surface area contributed by atoms with Crippen LogP contribution in [0.1, 0.15) is 5.56 Å². The van der Waals surface area contributed by atoms with E-state index in [9.17, 15) is 9.90 Å². The second kappa shape index (κ2) is 4.25. The van der Waals surface area contributed by atoms with Crippen LogP contribution >= 0.6 is 0 Å². The Hall–Kier alpha value is -2.37. The molecule has 0 amide bonds. The number of esters is 1. The number of amidine groups is 1. The summed E-state index contributed by atoms with van der Waals surface area (Å²) in [7, 11) is 0. The molecule has 4 N–H and O–H groups in total. The van der Waals surface area contributed by atoms with E-state index in [2.05, 4.69) is 4.98 Å². The molecule has 0 unspecified atom stereocenters. The summed E-state index contributed by atoms with van der Waals surface area (Å²) >= 11 is 0. The Kier molecular flexibility index (Phi) is 2.78. The van der Waals surface area contributed by atoms with Gasteiger partial charge in [0.15, 0.2) is 11.9 Å². The highest BCUT2D eigenvalue weighted by molar-refractivity contribution is 6.18. The number of nitrogens with two attached hydrogens (primary N) is 1. The number of nitrogens with zero attached hydrogens (tertiary/aromatic N) is 1. The van der Waals surface area contributed by atoms with Crippen LogP contribution in [0.15, 0.2) is 35.9 Å². The summed E-state index contributed by atoms with van der Waals surface area (Å²) in [5.41, 5.74) is 5.81. The minimum absolute atomic E-state index is 0.246. The van der Waals surface area contributed by atoms with Crippen molar-refractivity contribution in [3.05, 3.63) is 41.4 Å². The predicted octanol–water partition coefficient (Wildman–Crippen LogP) is 0.298. The van der Waals surface area contributed by atoms with Gasteiger partial charge >= 0.3 is 5.97 Å². The van der Waals surface area contributed by atoms with Crippen molar-refractivity contribution in [2.45, 2.75) is 12.5 Å². The molecule has 0 fully saturated rings. The summed E-state index contributed by atoms with van der Waals surface area (Å²) in [6.45, 7) is 0. The number of aliphatic hydroxyl groups is 1. The fourth-order valence-corrected chi connectivity index (χ4v) is 1.63. The predicted molar refractivity (Wildman–Crippen MR) is 59.4 cm³/mol. The number of aliphatic hydroxyl groups excluding tert-OH is 1. The fraction of sp³-hybridized carbons (Fsp3) is 0.182. The Balaban J connectivity index is 2.20. The summed E-state index contributed by atoms with van der Waals surface area (Å²) in [5, 5.41) is 16.9. The summed E-state index contributed by atoms with van der Waals surface area (Å²) < 4.78 is 4.95. The minimum atomic E-state index is -0.774. The highest BCUT2D eigenvalue weighted by Gasteiger charge is 2.35. The number of hydrogen-bond donors (Lipinski definition) is 3. The number of hydrogen-bond acceptors (Lipinski definition) is 5. The number of rotatable bonds is 3. The molecule has 0 spiro atoms. The molecular weight excluding hydrogens is 222 g/mol. The van der Waals surface area contributed by atoms with E-state index in [-0.39, 0.29) is 11.3 Å². The van der Waals surface area contributed by atoms with E-state index in [1.807, 2.05) is 0 Å². The van der Waals surface area contributed by atoms with Gasteiger partial charge in [0, 0.05) is 18.8 Å². The third-order valence-corrected chi connectivity index (χ3v) is 2.45. The van der Waals surface area contributed by atoms with Crippen molar-refractivity contribution < 1.29 is 14.6 Å². The van der Waals surface area contributed by atoms with Gasteiger partial charge in [0.25, 0.3) is 0 Å². The first-order valence-corrected chi connectivity index (χ1v) is 4.97. The molecule has 0 bridgehead atoms. The van der Waals surface area contributed by atoms with Gasteiger partial charge in [0.1, 0.15) is 11.4 Å². The molecular formula is C11H11N3O3. The van der Waals surface area contributed by atoms with Crippen molar-refractivity contribution >= 4 is 11.8 Å². The van der Waals surface area contributed by atoms with E-state index in [0.29, 0.717) is 6.42 Å². The second-order valence-electron chi connectivity index (χ2n) is 3.63. The van der Waals surface area contributed by atoms with E-state index < -0.39 is 17.9 Å². The Labute approximate surface area is 97.2 Å². The van der Waals surface area contributed by atoms with Gasteiger partial charge in [0.2, 0.25) is 0 Å². The number of aromatic nitrogens is 1. The molecule has 1 aliphatic heterocycles. The molecule has 1 aliphatic rings. The summed E-state index contributed by atoms with van der Waals surface area (Å²) in [4.78, 5) is 15.2. The lowest BCUT2D eigenvalue weighted by atomic mass is 10.1. The lowest BCUT2D eigenvalue weighted by molar-refractivity contribution is -0.139. The van der Waals surface area contributed by atoms with E-state index in [4.69, 9.17) is 15.9 Å². The van der Waals surface area contributed by atoms with E-state index in [1.54, 1.807) is 24.5 Å². The van der Waals surface area contributed by atoms with Gasteiger partial charge in [-0.25, -0.2) is 4.79 Å². The number of pyridine rings is 1. The molecule has 1 atom stereocenters. The number of carbonyl (C=O) groups excluding carboxylic acids is 1. The lowest BCUT2D eigenvalue weighted by Crippen LogP contribution is -2.18. The second-order valence-corrected chi connectivity index (χ2v) is 3.63. The summed E-state index contributed by atoms with van der Waals surface area (Å²) in [6, 6.07) is 3.51. The van der Waals surface area contributed by atoms with Crippen molar-refractivity contribution in [1.82, 2.24) is 4.98 Å². The average molecular weight is 233 g/mol. The molecule has 1 aromatic heterocycles. The normalized spacial score (nSPS) is 19.3. The van der Waals surface area contributed by atoms with Gasteiger partial charge in [-0.15, -0.1) is 0 Å². The molecule has 2 rings (SSSR count). The zero-order valence-corrected chi connectivity index (χ0v) is 8.88. The largest absolute Gasteiger partial charge is 0.507 e. The third kappa shape index (κ3) is 2.10. The molecule has 0 saturated heterocycles. The molecule has 0 radical (unpaired) electrons. The topological polar surface area (TPSA) is 109 Å². The van der Waals surface area contributed by atoms with Crippen LogP contribution in [0.2, 0.25) is 0 Å². The molecule has 6 heteroatoms.